The van der Waals surface area contributed by atoms with Crippen LogP contribution in [0.25, 0.3) is 0 Å². The third kappa shape index (κ3) is 0.617. The van der Waals surface area contributed by atoms with Gasteiger partial charge in [-0.2, -0.15) is 0 Å². The molecular weight excluding hydrogens is 98.1 g/mol. The SMILES string of the molecule is C#CC1(CC)CNC1. The quantitative estimate of drug-likeness (QED) is 0.487. The van der Waals surface area contributed by atoms with Crippen LogP contribution in [0.1, 0.15) is 13.3 Å². The zero-order chi connectivity index (χ0) is 6.04. The van der Waals surface area contributed by atoms with E-state index in [0.29, 0.717) is 0 Å². The predicted molar refractivity (Wildman–Crippen MR) is 34.4 cm³/mol. The molecule has 1 N–H and O–H groups in total. The maximum absolute atomic E-state index is 5.29. The molecule has 0 atom stereocenters. The van der Waals surface area contributed by atoms with E-state index in [1.165, 1.54) is 0 Å². The van der Waals surface area contributed by atoms with Crippen LogP contribution in [0.3, 0.4) is 0 Å². The fourth-order valence-corrected chi connectivity index (χ4v) is 0.881. The Labute approximate surface area is 50.5 Å². The summed E-state index contributed by atoms with van der Waals surface area (Å²) in [5, 5.41) is 3.16. The number of hydrogen-bond acceptors (Lipinski definition) is 1. The van der Waals surface area contributed by atoms with E-state index >= 15 is 0 Å². The van der Waals surface area contributed by atoms with Crippen molar-refractivity contribution >= 4 is 0 Å². The first-order valence-electron chi connectivity index (χ1n) is 3.01. The van der Waals surface area contributed by atoms with E-state index in [-0.39, 0.29) is 5.41 Å². The lowest BCUT2D eigenvalue weighted by Gasteiger charge is -2.37. The minimum absolute atomic E-state index is 0.222. The number of rotatable bonds is 1. The van der Waals surface area contributed by atoms with E-state index in [0.717, 1.165) is 19.5 Å². The lowest BCUT2D eigenvalue weighted by molar-refractivity contribution is 0.245. The molecule has 0 spiro atoms. The van der Waals surface area contributed by atoms with E-state index in [2.05, 4.69) is 18.2 Å². The van der Waals surface area contributed by atoms with Gasteiger partial charge in [0.15, 0.2) is 0 Å². The summed E-state index contributed by atoms with van der Waals surface area (Å²) in [6.07, 6.45) is 6.40. The highest BCUT2D eigenvalue weighted by molar-refractivity contribution is 5.12. The van der Waals surface area contributed by atoms with Crippen LogP contribution in [0.15, 0.2) is 0 Å². The molecule has 0 aromatic heterocycles. The molecule has 0 bridgehead atoms. The predicted octanol–water partition coefficient (Wildman–Crippen LogP) is 0.619. The molecule has 1 aliphatic heterocycles. The monoisotopic (exact) mass is 109 g/mol. The lowest BCUT2D eigenvalue weighted by Crippen LogP contribution is -2.51. The molecule has 0 aromatic carbocycles. The Balaban J connectivity index is 2.49. The molecule has 0 amide bonds. The van der Waals surface area contributed by atoms with Gasteiger partial charge in [-0.3, -0.25) is 0 Å². The van der Waals surface area contributed by atoms with Gasteiger partial charge in [0.1, 0.15) is 0 Å². The van der Waals surface area contributed by atoms with Gasteiger partial charge in [0.25, 0.3) is 0 Å². The van der Waals surface area contributed by atoms with Gasteiger partial charge in [-0.15, -0.1) is 6.42 Å². The van der Waals surface area contributed by atoms with Crippen molar-refractivity contribution in [2.75, 3.05) is 13.1 Å². The molecule has 44 valence electrons. The third-order valence-electron chi connectivity index (χ3n) is 1.91. The highest BCUT2D eigenvalue weighted by Crippen LogP contribution is 2.24. The molecule has 0 aromatic rings. The standard InChI is InChI=1S/C7H11N/c1-3-7(4-2)5-8-6-7/h1,8H,4-6H2,2H3. The van der Waals surface area contributed by atoms with Crippen molar-refractivity contribution in [2.45, 2.75) is 13.3 Å². The first kappa shape index (κ1) is 5.65. The molecule has 1 heteroatoms. The largest absolute Gasteiger partial charge is 0.314 e. The Morgan fingerprint density at radius 3 is 2.38 bits per heavy atom. The smallest absolute Gasteiger partial charge is 0.0557 e. The van der Waals surface area contributed by atoms with Crippen molar-refractivity contribution in [1.29, 1.82) is 0 Å². The topological polar surface area (TPSA) is 12.0 Å². The molecule has 1 aliphatic rings. The van der Waals surface area contributed by atoms with E-state index in [9.17, 15) is 0 Å². The van der Waals surface area contributed by atoms with Crippen molar-refractivity contribution in [3.05, 3.63) is 0 Å². The number of hydrogen-bond donors (Lipinski definition) is 1. The summed E-state index contributed by atoms with van der Waals surface area (Å²) in [7, 11) is 0. The molecular formula is C7H11N. The Hall–Kier alpha value is -0.480. The maximum Gasteiger partial charge on any atom is 0.0557 e. The summed E-state index contributed by atoms with van der Waals surface area (Å²) >= 11 is 0. The van der Waals surface area contributed by atoms with E-state index in [1.807, 2.05) is 0 Å². The highest BCUT2D eigenvalue weighted by Gasteiger charge is 2.32. The summed E-state index contributed by atoms with van der Waals surface area (Å²) in [6.45, 7) is 4.17. The van der Waals surface area contributed by atoms with Gasteiger partial charge >= 0.3 is 0 Å². The van der Waals surface area contributed by atoms with Gasteiger partial charge in [-0.05, 0) is 6.42 Å². The Morgan fingerprint density at radius 2 is 2.38 bits per heavy atom. The van der Waals surface area contributed by atoms with E-state index < -0.39 is 0 Å². The highest BCUT2D eigenvalue weighted by atomic mass is 15.0. The van der Waals surface area contributed by atoms with E-state index in [1.54, 1.807) is 0 Å². The summed E-state index contributed by atoms with van der Waals surface area (Å²) in [4.78, 5) is 0. The van der Waals surface area contributed by atoms with E-state index in [4.69, 9.17) is 6.42 Å². The van der Waals surface area contributed by atoms with Crippen molar-refractivity contribution in [3.8, 4) is 12.3 Å². The minimum atomic E-state index is 0.222. The zero-order valence-electron chi connectivity index (χ0n) is 5.20. The normalized spacial score (nSPS) is 23.5. The Morgan fingerprint density at radius 1 is 1.75 bits per heavy atom. The van der Waals surface area contributed by atoms with Crippen molar-refractivity contribution in [2.24, 2.45) is 5.41 Å². The van der Waals surface area contributed by atoms with Gasteiger partial charge < -0.3 is 5.32 Å². The minimum Gasteiger partial charge on any atom is -0.314 e. The van der Waals surface area contributed by atoms with Gasteiger partial charge in [-0.25, -0.2) is 0 Å². The average molecular weight is 109 g/mol. The first-order chi connectivity index (χ1) is 3.83. The van der Waals surface area contributed by atoms with Crippen molar-refractivity contribution in [1.82, 2.24) is 5.32 Å². The molecule has 1 fully saturated rings. The third-order valence-corrected chi connectivity index (χ3v) is 1.91. The van der Waals surface area contributed by atoms with Crippen LogP contribution in [0.4, 0.5) is 0 Å². The zero-order valence-corrected chi connectivity index (χ0v) is 5.20. The summed E-state index contributed by atoms with van der Waals surface area (Å²) < 4.78 is 0. The lowest BCUT2D eigenvalue weighted by atomic mass is 9.80. The van der Waals surface area contributed by atoms with Gasteiger partial charge in [0, 0.05) is 13.1 Å². The van der Waals surface area contributed by atoms with Gasteiger partial charge in [0.05, 0.1) is 5.41 Å². The molecule has 8 heavy (non-hydrogen) atoms. The fraction of sp³-hybridized carbons (Fsp3) is 0.714. The van der Waals surface area contributed by atoms with Crippen LogP contribution in [-0.4, -0.2) is 13.1 Å². The first-order valence-corrected chi connectivity index (χ1v) is 3.01. The van der Waals surface area contributed by atoms with Crippen molar-refractivity contribution in [3.63, 3.8) is 0 Å². The van der Waals surface area contributed by atoms with Crippen LogP contribution >= 0.6 is 0 Å². The molecule has 1 rings (SSSR count). The molecule has 0 saturated carbocycles. The van der Waals surface area contributed by atoms with Crippen LogP contribution in [0, 0.1) is 17.8 Å². The molecule has 0 aliphatic carbocycles. The van der Waals surface area contributed by atoms with Crippen LogP contribution in [0.5, 0.6) is 0 Å². The van der Waals surface area contributed by atoms with Gasteiger partial charge in [0.2, 0.25) is 0 Å². The molecule has 1 nitrogen and oxygen atoms in total. The second kappa shape index (κ2) is 1.80. The molecule has 1 heterocycles. The second-order valence-electron chi connectivity index (χ2n) is 2.38. The summed E-state index contributed by atoms with van der Waals surface area (Å²) in [6, 6.07) is 0. The maximum atomic E-state index is 5.29. The number of terminal acetylenes is 1. The molecule has 0 unspecified atom stereocenters. The molecule has 0 radical (unpaired) electrons. The Bertz CT molecular complexity index is 111. The van der Waals surface area contributed by atoms with Crippen molar-refractivity contribution < 1.29 is 0 Å². The summed E-state index contributed by atoms with van der Waals surface area (Å²) in [5.41, 5.74) is 0.222. The summed E-state index contributed by atoms with van der Waals surface area (Å²) in [5.74, 6) is 2.80. The number of nitrogens with one attached hydrogen (secondary N) is 1. The molecule has 1 saturated heterocycles. The fourth-order valence-electron chi connectivity index (χ4n) is 0.881. The second-order valence-corrected chi connectivity index (χ2v) is 2.38. The Kier molecular flexibility index (Phi) is 1.27. The van der Waals surface area contributed by atoms with Gasteiger partial charge in [-0.1, -0.05) is 12.8 Å². The van der Waals surface area contributed by atoms with Crippen LogP contribution < -0.4 is 5.32 Å². The van der Waals surface area contributed by atoms with Crippen LogP contribution in [0.2, 0.25) is 0 Å². The average Bonchev–Trinajstić information content (AvgIpc) is 1.67. The van der Waals surface area contributed by atoms with Crippen LogP contribution in [-0.2, 0) is 0 Å².